The Hall–Kier alpha value is -0.590. The fraction of sp³-hybridized carbons (Fsp3) is 0.875. The van der Waals surface area contributed by atoms with Gasteiger partial charge in [0.2, 0.25) is 0 Å². The van der Waals surface area contributed by atoms with E-state index in [-0.39, 0.29) is 5.41 Å². The van der Waals surface area contributed by atoms with Gasteiger partial charge in [0.1, 0.15) is 5.78 Å². The zero-order chi connectivity index (χ0) is 18.8. The van der Waals surface area contributed by atoms with Crippen LogP contribution in [0.2, 0.25) is 0 Å². The molecular weight excluding hydrogens is 304 g/mol. The molecule has 0 aliphatic rings. The first kappa shape index (κ1) is 24.4. The van der Waals surface area contributed by atoms with Crippen molar-refractivity contribution in [1.29, 1.82) is 0 Å². The molecule has 0 aromatic carbocycles. The lowest BCUT2D eigenvalue weighted by atomic mass is 9.88. The first-order valence-corrected chi connectivity index (χ1v) is 11.2. The largest absolute Gasteiger partial charge is 0.299 e. The molecule has 0 saturated heterocycles. The number of Topliss-reactive ketones (excluding diaryl/α,β-unsaturated/α-hetero) is 1. The van der Waals surface area contributed by atoms with Crippen molar-refractivity contribution in [1.82, 2.24) is 0 Å². The van der Waals surface area contributed by atoms with Crippen LogP contribution < -0.4 is 0 Å². The summed E-state index contributed by atoms with van der Waals surface area (Å²) in [5.74, 6) is 0.417. The predicted molar refractivity (Wildman–Crippen MR) is 113 cm³/mol. The van der Waals surface area contributed by atoms with Crippen molar-refractivity contribution in [3.63, 3.8) is 0 Å². The average Bonchev–Trinajstić information content (AvgIpc) is 2.56. The monoisotopic (exact) mass is 350 g/mol. The molecule has 0 saturated carbocycles. The molecule has 1 heteroatoms. The number of unbranched alkanes of at least 4 members (excludes halogenated alkanes) is 13. The van der Waals surface area contributed by atoms with Crippen LogP contribution in [0.1, 0.15) is 130 Å². The van der Waals surface area contributed by atoms with Crippen LogP contribution >= 0.6 is 0 Å². The molecule has 0 aliphatic heterocycles. The summed E-state index contributed by atoms with van der Waals surface area (Å²) in [7, 11) is 0. The van der Waals surface area contributed by atoms with E-state index < -0.39 is 0 Å². The van der Waals surface area contributed by atoms with Gasteiger partial charge in [-0.05, 0) is 32.1 Å². The summed E-state index contributed by atoms with van der Waals surface area (Å²) in [5.41, 5.74) is -0.150. The van der Waals surface area contributed by atoms with Gasteiger partial charge in [-0.25, -0.2) is 0 Å². The predicted octanol–water partition coefficient (Wildman–Crippen LogP) is 8.42. The molecule has 0 aliphatic carbocycles. The molecule has 0 heterocycles. The van der Waals surface area contributed by atoms with Gasteiger partial charge in [0.25, 0.3) is 0 Å². The maximum atomic E-state index is 11.8. The van der Waals surface area contributed by atoms with E-state index in [1.807, 2.05) is 20.8 Å². The molecule has 1 nitrogen and oxygen atoms in total. The molecule has 0 unspecified atom stereocenters. The number of hydrogen-bond donors (Lipinski definition) is 0. The van der Waals surface area contributed by atoms with Crippen molar-refractivity contribution in [2.45, 2.75) is 130 Å². The Morgan fingerprint density at radius 3 is 1.48 bits per heavy atom. The Balaban J connectivity index is 3.21. The summed E-state index contributed by atoms with van der Waals surface area (Å²) < 4.78 is 0. The fourth-order valence-corrected chi connectivity index (χ4v) is 3.08. The van der Waals surface area contributed by atoms with E-state index in [0.717, 1.165) is 12.8 Å². The first-order valence-electron chi connectivity index (χ1n) is 11.2. The highest BCUT2D eigenvalue weighted by Crippen LogP contribution is 2.19. The topological polar surface area (TPSA) is 17.1 Å². The van der Waals surface area contributed by atoms with Gasteiger partial charge in [0.05, 0.1) is 0 Å². The number of ketones is 1. The summed E-state index contributed by atoms with van der Waals surface area (Å²) in [6.45, 7) is 8.35. The molecule has 0 amide bonds. The SMILES string of the molecule is CCCCCCCC/C=C\CCCCCCCCCC(=O)C(C)(C)C. The molecule has 148 valence electrons. The molecule has 25 heavy (non-hydrogen) atoms. The fourth-order valence-electron chi connectivity index (χ4n) is 3.08. The summed E-state index contributed by atoms with van der Waals surface area (Å²) in [6, 6.07) is 0. The summed E-state index contributed by atoms with van der Waals surface area (Å²) in [4.78, 5) is 11.8. The van der Waals surface area contributed by atoms with Gasteiger partial charge in [-0.15, -0.1) is 0 Å². The molecule has 0 radical (unpaired) electrons. The van der Waals surface area contributed by atoms with Crippen LogP contribution in [0.3, 0.4) is 0 Å². The van der Waals surface area contributed by atoms with E-state index in [4.69, 9.17) is 0 Å². The molecule has 0 aromatic rings. The minimum atomic E-state index is -0.150. The van der Waals surface area contributed by atoms with Gasteiger partial charge in [0.15, 0.2) is 0 Å². The third-order valence-electron chi connectivity index (χ3n) is 5.00. The Kier molecular flexibility index (Phi) is 16.5. The Morgan fingerprint density at radius 1 is 0.640 bits per heavy atom. The highest BCUT2D eigenvalue weighted by atomic mass is 16.1. The van der Waals surface area contributed by atoms with E-state index in [1.54, 1.807) is 0 Å². The third kappa shape index (κ3) is 18.0. The van der Waals surface area contributed by atoms with Gasteiger partial charge >= 0.3 is 0 Å². The standard InChI is InChI=1S/C24H46O/c1-5-6-7-8-9-10-11-12-13-14-15-16-17-18-19-20-21-22-23(25)24(2,3)4/h12-13H,5-11,14-22H2,1-4H3/b13-12-. The second-order valence-corrected chi connectivity index (χ2v) is 8.71. The Labute approximate surface area is 159 Å². The Morgan fingerprint density at radius 2 is 1.04 bits per heavy atom. The maximum absolute atomic E-state index is 11.8. The van der Waals surface area contributed by atoms with Crippen LogP contribution in [-0.4, -0.2) is 5.78 Å². The van der Waals surface area contributed by atoms with E-state index >= 15 is 0 Å². The molecule has 0 atom stereocenters. The average molecular weight is 351 g/mol. The quantitative estimate of drug-likeness (QED) is 0.190. The van der Waals surface area contributed by atoms with Crippen molar-refractivity contribution in [2.75, 3.05) is 0 Å². The van der Waals surface area contributed by atoms with E-state index in [1.165, 1.54) is 89.9 Å². The second kappa shape index (κ2) is 16.9. The summed E-state index contributed by atoms with van der Waals surface area (Å²) in [6.07, 6.45) is 25.5. The van der Waals surface area contributed by atoms with Crippen LogP contribution in [-0.2, 0) is 4.79 Å². The van der Waals surface area contributed by atoms with Crippen molar-refractivity contribution < 1.29 is 4.79 Å². The number of hydrogen-bond acceptors (Lipinski definition) is 1. The number of rotatable bonds is 17. The van der Waals surface area contributed by atoms with Crippen LogP contribution in [0.15, 0.2) is 12.2 Å². The number of carbonyl (C=O) groups excluding carboxylic acids is 1. The number of allylic oxidation sites excluding steroid dienone is 2. The molecular formula is C24H46O. The van der Waals surface area contributed by atoms with Crippen molar-refractivity contribution in [3.05, 3.63) is 12.2 Å². The summed E-state index contributed by atoms with van der Waals surface area (Å²) >= 11 is 0. The molecule has 0 aromatic heterocycles. The minimum absolute atomic E-state index is 0.150. The van der Waals surface area contributed by atoms with Crippen LogP contribution in [0.5, 0.6) is 0 Å². The Bertz CT molecular complexity index is 321. The van der Waals surface area contributed by atoms with Crippen LogP contribution in [0.4, 0.5) is 0 Å². The third-order valence-corrected chi connectivity index (χ3v) is 5.00. The van der Waals surface area contributed by atoms with E-state index in [9.17, 15) is 4.79 Å². The van der Waals surface area contributed by atoms with Gasteiger partial charge in [-0.2, -0.15) is 0 Å². The molecule has 0 N–H and O–H groups in total. The van der Waals surface area contributed by atoms with E-state index in [0.29, 0.717) is 5.78 Å². The van der Waals surface area contributed by atoms with Crippen molar-refractivity contribution in [2.24, 2.45) is 5.41 Å². The first-order chi connectivity index (χ1) is 12.0. The van der Waals surface area contributed by atoms with Crippen molar-refractivity contribution >= 4 is 5.78 Å². The highest BCUT2D eigenvalue weighted by molar-refractivity contribution is 5.83. The van der Waals surface area contributed by atoms with Gasteiger partial charge < -0.3 is 0 Å². The number of carbonyl (C=O) groups is 1. The zero-order valence-corrected chi connectivity index (χ0v) is 17.9. The minimum Gasteiger partial charge on any atom is -0.299 e. The normalized spacial score (nSPS) is 12.2. The zero-order valence-electron chi connectivity index (χ0n) is 17.9. The molecule has 0 spiro atoms. The van der Waals surface area contributed by atoms with Crippen LogP contribution in [0, 0.1) is 5.41 Å². The van der Waals surface area contributed by atoms with E-state index in [2.05, 4.69) is 19.1 Å². The van der Waals surface area contributed by atoms with Crippen molar-refractivity contribution in [3.8, 4) is 0 Å². The maximum Gasteiger partial charge on any atom is 0.138 e. The highest BCUT2D eigenvalue weighted by Gasteiger charge is 2.19. The summed E-state index contributed by atoms with van der Waals surface area (Å²) in [5, 5.41) is 0. The lowest BCUT2D eigenvalue weighted by molar-refractivity contribution is -0.126. The van der Waals surface area contributed by atoms with Gasteiger partial charge in [-0.1, -0.05) is 104 Å². The molecule has 0 fully saturated rings. The molecule has 0 rings (SSSR count). The van der Waals surface area contributed by atoms with Crippen LogP contribution in [0.25, 0.3) is 0 Å². The second-order valence-electron chi connectivity index (χ2n) is 8.71. The lowest BCUT2D eigenvalue weighted by Crippen LogP contribution is -2.19. The van der Waals surface area contributed by atoms with Gasteiger partial charge in [0, 0.05) is 11.8 Å². The molecule has 0 bridgehead atoms. The lowest BCUT2D eigenvalue weighted by Gasteiger charge is -2.16. The smallest absolute Gasteiger partial charge is 0.138 e. The van der Waals surface area contributed by atoms with Gasteiger partial charge in [-0.3, -0.25) is 4.79 Å².